The van der Waals surface area contributed by atoms with Crippen LogP contribution in [0.15, 0.2) is 24.3 Å². The van der Waals surface area contributed by atoms with Crippen molar-refractivity contribution in [3.8, 4) is 0 Å². The van der Waals surface area contributed by atoms with Crippen molar-refractivity contribution in [2.24, 2.45) is 11.8 Å². The lowest BCUT2D eigenvalue weighted by Gasteiger charge is -2.24. The molecule has 8 heteroatoms. The molecule has 0 fully saturated rings. The van der Waals surface area contributed by atoms with Gasteiger partial charge in [-0.05, 0) is 31.6 Å². The van der Waals surface area contributed by atoms with Crippen LogP contribution in [0, 0.1) is 11.8 Å². The van der Waals surface area contributed by atoms with Crippen LogP contribution in [0.25, 0.3) is 0 Å². The second-order valence-electron chi connectivity index (χ2n) is 9.93. The smallest absolute Gasteiger partial charge is 0.244 e. The Hall–Kier alpha value is -2.74. The summed E-state index contributed by atoms with van der Waals surface area (Å²) in [7, 11) is 0. The summed E-state index contributed by atoms with van der Waals surface area (Å²) in [6.07, 6.45) is 8.40. The van der Waals surface area contributed by atoms with Gasteiger partial charge in [-0.1, -0.05) is 44.9 Å². The Bertz CT molecular complexity index is 899. The van der Waals surface area contributed by atoms with E-state index in [1.807, 2.05) is 26.0 Å². The molecule has 0 spiro atoms. The van der Waals surface area contributed by atoms with E-state index in [0.717, 1.165) is 32.2 Å². The highest BCUT2D eigenvalue weighted by Gasteiger charge is 2.35. The van der Waals surface area contributed by atoms with Gasteiger partial charge in [0.1, 0.15) is 12.6 Å². The highest BCUT2D eigenvalue weighted by Crippen LogP contribution is 2.34. The fourth-order valence-corrected chi connectivity index (χ4v) is 4.99. The van der Waals surface area contributed by atoms with Gasteiger partial charge in [0.05, 0.1) is 5.92 Å². The van der Waals surface area contributed by atoms with Gasteiger partial charge in [0.15, 0.2) is 6.21 Å². The Labute approximate surface area is 202 Å². The lowest BCUT2D eigenvalue weighted by atomic mass is 9.90. The van der Waals surface area contributed by atoms with Gasteiger partial charge in [-0.2, -0.15) is 0 Å². The number of carbonyl (C=O) groups excluding carboxylic acids is 3. The molecule has 1 aromatic rings. The number of benzene rings is 1. The van der Waals surface area contributed by atoms with Crippen molar-refractivity contribution < 1.29 is 24.2 Å². The van der Waals surface area contributed by atoms with Crippen molar-refractivity contribution >= 4 is 29.6 Å². The second-order valence-corrected chi connectivity index (χ2v) is 9.93. The van der Waals surface area contributed by atoms with E-state index >= 15 is 0 Å². The van der Waals surface area contributed by atoms with Crippen molar-refractivity contribution in [1.82, 2.24) is 16.1 Å². The molecule has 0 radical (unpaired) electrons. The van der Waals surface area contributed by atoms with Gasteiger partial charge in [0.2, 0.25) is 23.4 Å². The van der Waals surface area contributed by atoms with Crippen molar-refractivity contribution in [3.05, 3.63) is 29.8 Å². The summed E-state index contributed by atoms with van der Waals surface area (Å²) in [4.78, 5) is 38.1. The Balaban J connectivity index is 1.83. The molecule has 0 aliphatic carbocycles. The molecule has 2 heterocycles. The van der Waals surface area contributed by atoms with E-state index in [1.165, 1.54) is 17.7 Å². The SMILES string of the molecule is CC(C)CC(CC(=O)NO)C(=O)N[C@H]1CC2C=[N+](CCCCCCCNC1=O)c1ccccc12. The average Bonchev–Trinajstić information content (AvgIpc) is 3.16. The zero-order valence-corrected chi connectivity index (χ0v) is 20.4. The molecule has 3 atom stereocenters. The number of nitrogens with one attached hydrogen (secondary N) is 3. The molecule has 186 valence electrons. The summed E-state index contributed by atoms with van der Waals surface area (Å²) in [5.41, 5.74) is 3.96. The maximum atomic E-state index is 13.2. The Morgan fingerprint density at radius 1 is 1.15 bits per heavy atom. The van der Waals surface area contributed by atoms with E-state index in [9.17, 15) is 14.4 Å². The molecule has 2 unspecified atom stereocenters. The number of hydroxylamine groups is 1. The van der Waals surface area contributed by atoms with Crippen LogP contribution in [0.5, 0.6) is 0 Å². The van der Waals surface area contributed by atoms with Crippen LogP contribution in [0.1, 0.15) is 76.7 Å². The van der Waals surface area contributed by atoms with Gasteiger partial charge >= 0.3 is 0 Å². The molecule has 2 bridgehead atoms. The number of carbonyl (C=O) groups is 3. The summed E-state index contributed by atoms with van der Waals surface area (Å²) in [6, 6.07) is 7.54. The van der Waals surface area contributed by atoms with Gasteiger partial charge in [0.25, 0.3) is 0 Å². The molecule has 4 N–H and O–H groups in total. The monoisotopic (exact) mass is 471 g/mol. The fraction of sp³-hybridized carbons (Fsp3) is 0.615. The van der Waals surface area contributed by atoms with Crippen LogP contribution in [-0.2, 0) is 14.4 Å². The highest BCUT2D eigenvalue weighted by atomic mass is 16.5. The van der Waals surface area contributed by atoms with Crippen molar-refractivity contribution in [1.29, 1.82) is 0 Å². The number of hydrogen-bond donors (Lipinski definition) is 4. The van der Waals surface area contributed by atoms with Gasteiger partial charge in [0, 0.05) is 36.9 Å². The lowest BCUT2D eigenvalue weighted by molar-refractivity contribution is -0.433. The molecule has 3 amide bonds. The number of para-hydroxylation sites is 1. The van der Waals surface area contributed by atoms with Gasteiger partial charge < -0.3 is 10.6 Å². The largest absolute Gasteiger partial charge is 0.354 e. The quantitative estimate of drug-likeness (QED) is 0.290. The standard InChI is InChI=1S/C26H38N4O4/c1-18(2)14-19(16-24(31)29-34)25(32)28-22-15-20-17-30(23-11-7-6-10-21(20)23)13-9-5-3-4-8-12-27-26(22)33/h6-7,10-11,17-20,22H,3-5,8-9,12-16H2,1-2H3,(H3-,27,28,29,31,32,33,34)/p+1/t19?,20?,22-/m0/s1. The minimum atomic E-state index is -0.712. The normalized spacial score (nSPS) is 22.1. The number of nitrogens with zero attached hydrogens (tertiary/aromatic N) is 1. The lowest BCUT2D eigenvalue weighted by Crippen LogP contribution is -2.50. The zero-order chi connectivity index (χ0) is 24.5. The predicted molar refractivity (Wildman–Crippen MR) is 130 cm³/mol. The van der Waals surface area contributed by atoms with Gasteiger partial charge in [-0.3, -0.25) is 19.6 Å². The minimum absolute atomic E-state index is 0.0134. The van der Waals surface area contributed by atoms with E-state index < -0.39 is 17.9 Å². The third kappa shape index (κ3) is 7.13. The van der Waals surface area contributed by atoms with Crippen LogP contribution < -0.4 is 16.1 Å². The van der Waals surface area contributed by atoms with E-state index in [4.69, 9.17) is 5.21 Å². The first kappa shape index (κ1) is 25.9. The predicted octanol–water partition coefficient (Wildman–Crippen LogP) is 3.01. The third-order valence-electron chi connectivity index (χ3n) is 6.69. The van der Waals surface area contributed by atoms with Gasteiger partial charge in [-0.25, -0.2) is 10.1 Å². The Kier molecular flexibility index (Phi) is 9.62. The summed E-state index contributed by atoms with van der Waals surface area (Å²) in [5.74, 6) is -1.55. The van der Waals surface area contributed by atoms with Gasteiger partial charge in [-0.15, -0.1) is 0 Å². The molecule has 0 saturated carbocycles. The second kappa shape index (κ2) is 12.6. The molecule has 1 aromatic carbocycles. The van der Waals surface area contributed by atoms with E-state index in [2.05, 4.69) is 33.6 Å². The van der Waals surface area contributed by atoms with Crippen molar-refractivity contribution in [2.45, 2.75) is 77.2 Å². The molecule has 8 nitrogen and oxygen atoms in total. The average molecular weight is 472 g/mol. The van der Waals surface area contributed by atoms with E-state index in [-0.39, 0.29) is 30.1 Å². The summed E-state index contributed by atoms with van der Waals surface area (Å²) in [6.45, 7) is 5.49. The summed E-state index contributed by atoms with van der Waals surface area (Å²) >= 11 is 0. The topological polar surface area (TPSA) is 111 Å². The molecular formula is C26H39N4O4+. The maximum Gasteiger partial charge on any atom is 0.244 e. The molecule has 0 saturated heterocycles. The number of hydrogen-bond acceptors (Lipinski definition) is 4. The van der Waals surface area contributed by atoms with Crippen LogP contribution in [-0.4, -0.2) is 52.9 Å². The van der Waals surface area contributed by atoms with Crippen molar-refractivity contribution in [3.63, 3.8) is 0 Å². The number of rotatable bonds is 6. The van der Waals surface area contributed by atoms with Crippen LogP contribution in [0.3, 0.4) is 0 Å². The first-order valence-corrected chi connectivity index (χ1v) is 12.6. The number of amides is 3. The molecule has 34 heavy (non-hydrogen) atoms. The Morgan fingerprint density at radius 2 is 1.88 bits per heavy atom. The van der Waals surface area contributed by atoms with E-state index in [0.29, 0.717) is 19.4 Å². The maximum absolute atomic E-state index is 13.2. The fourth-order valence-electron chi connectivity index (χ4n) is 4.99. The molecule has 2 aliphatic rings. The summed E-state index contributed by atoms with van der Waals surface area (Å²) in [5, 5.41) is 14.9. The Morgan fingerprint density at radius 3 is 2.65 bits per heavy atom. The first-order chi connectivity index (χ1) is 16.4. The van der Waals surface area contributed by atoms with Crippen LogP contribution in [0.4, 0.5) is 5.69 Å². The third-order valence-corrected chi connectivity index (χ3v) is 6.69. The minimum Gasteiger partial charge on any atom is -0.354 e. The van der Waals surface area contributed by atoms with E-state index in [1.54, 1.807) is 5.48 Å². The number of fused-ring (bicyclic) bond motifs is 4. The zero-order valence-electron chi connectivity index (χ0n) is 20.4. The molecule has 2 aliphatic heterocycles. The molecular weight excluding hydrogens is 432 g/mol. The molecule has 0 aromatic heterocycles. The molecule has 3 rings (SSSR count). The van der Waals surface area contributed by atoms with Crippen molar-refractivity contribution in [2.75, 3.05) is 13.1 Å². The van der Waals surface area contributed by atoms with Crippen LogP contribution in [0.2, 0.25) is 0 Å². The summed E-state index contributed by atoms with van der Waals surface area (Å²) < 4.78 is 2.29. The highest BCUT2D eigenvalue weighted by molar-refractivity contribution is 5.91. The van der Waals surface area contributed by atoms with Crippen LogP contribution >= 0.6 is 0 Å². The first-order valence-electron chi connectivity index (χ1n) is 12.6.